The standard InChI is InChI=1S/C13H14N4O3S/c1-2-6-17-10-4-3-5-12(21(14,18)19)9(10)7-11(17)13-16-15-8-20-13/h3-5,7-8H,2,6H2,1H3,(H2,14,18,19). The molecule has 110 valence electrons. The number of benzene rings is 1. The highest BCUT2D eigenvalue weighted by Gasteiger charge is 2.19. The molecule has 0 atom stereocenters. The highest BCUT2D eigenvalue weighted by molar-refractivity contribution is 7.89. The quantitative estimate of drug-likeness (QED) is 0.790. The lowest BCUT2D eigenvalue weighted by Gasteiger charge is -2.07. The molecule has 2 heterocycles. The lowest BCUT2D eigenvalue weighted by molar-refractivity contribution is 0.559. The van der Waals surface area contributed by atoms with Crippen LogP contribution in [0, 0.1) is 0 Å². The van der Waals surface area contributed by atoms with Crippen molar-refractivity contribution in [3.05, 3.63) is 30.7 Å². The highest BCUT2D eigenvalue weighted by atomic mass is 32.2. The SMILES string of the molecule is CCCn1c(-c2nnco2)cc2c(S(N)(=O)=O)cccc21. The third kappa shape index (κ3) is 2.32. The van der Waals surface area contributed by atoms with E-state index >= 15 is 0 Å². The first-order valence-electron chi connectivity index (χ1n) is 6.44. The van der Waals surface area contributed by atoms with Crippen molar-refractivity contribution in [2.45, 2.75) is 24.8 Å². The van der Waals surface area contributed by atoms with Crippen LogP contribution in [0.4, 0.5) is 0 Å². The van der Waals surface area contributed by atoms with Crippen molar-refractivity contribution in [1.82, 2.24) is 14.8 Å². The van der Waals surface area contributed by atoms with E-state index in [2.05, 4.69) is 10.2 Å². The zero-order chi connectivity index (χ0) is 15.0. The summed E-state index contributed by atoms with van der Waals surface area (Å²) in [5.41, 5.74) is 1.46. The molecule has 0 saturated heterocycles. The molecular formula is C13H14N4O3S. The van der Waals surface area contributed by atoms with Crippen molar-refractivity contribution in [2.24, 2.45) is 5.14 Å². The molecule has 7 nitrogen and oxygen atoms in total. The Morgan fingerprint density at radius 2 is 2.19 bits per heavy atom. The van der Waals surface area contributed by atoms with Crippen LogP contribution in [0.1, 0.15) is 13.3 Å². The molecule has 0 amide bonds. The van der Waals surface area contributed by atoms with Crippen LogP contribution in [0.3, 0.4) is 0 Å². The van der Waals surface area contributed by atoms with E-state index in [1.807, 2.05) is 17.6 Å². The zero-order valence-corrected chi connectivity index (χ0v) is 12.2. The molecule has 0 aliphatic carbocycles. The predicted molar refractivity (Wildman–Crippen MR) is 76.9 cm³/mol. The molecular weight excluding hydrogens is 292 g/mol. The fraction of sp³-hybridized carbons (Fsp3) is 0.231. The molecule has 8 heteroatoms. The Bertz CT molecular complexity index is 882. The normalized spacial score (nSPS) is 12.1. The Labute approximate surface area is 121 Å². The molecule has 3 rings (SSSR count). The van der Waals surface area contributed by atoms with E-state index in [1.54, 1.807) is 12.1 Å². The summed E-state index contributed by atoms with van der Waals surface area (Å²) in [7, 11) is -3.80. The monoisotopic (exact) mass is 306 g/mol. The molecule has 1 aromatic carbocycles. The molecule has 2 N–H and O–H groups in total. The smallest absolute Gasteiger partial charge is 0.264 e. The van der Waals surface area contributed by atoms with Crippen molar-refractivity contribution in [1.29, 1.82) is 0 Å². The highest BCUT2D eigenvalue weighted by Crippen LogP contribution is 2.31. The maximum absolute atomic E-state index is 11.7. The first-order valence-corrected chi connectivity index (χ1v) is 7.98. The van der Waals surface area contributed by atoms with Crippen LogP contribution in [0.5, 0.6) is 0 Å². The maximum atomic E-state index is 11.7. The van der Waals surface area contributed by atoms with Gasteiger partial charge in [-0.25, -0.2) is 13.6 Å². The minimum absolute atomic E-state index is 0.0932. The van der Waals surface area contributed by atoms with Gasteiger partial charge in [-0.05, 0) is 24.6 Å². The summed E-state index contributed by atoms with van der Waals surface area (Å²) in [6.07, 6.45) is 2.12. The minimum Gasteiger partial charge on any atom is -0.422 e. The fourth-order valence-electron chi connectivity index (χ4n) is 2.43. The summed E-state index contributed by atoms with van der Waals surface area (Å²) < 4.78 is 30.7. The van der Waals surface area contributed by atoms with Crippen LogP contribution in [-0.4, -0.2) is 23.2 Å². The largest absolute Gasteiger partial charge is 0.422 e. The van der Waals surface area contributed by atoms with Gasteiger partial charge in [0.1, 0.15) is 5.69 Å². The summed E-state index contributed by atoms with van der Waals surface area (Å²) >= 11 is 0. The van der Waals surface area contributed by atoms with Crippen molar-refractivity contribution in [3.63, 3.8) is 0 Å². The summed E-state index contributed by atoms with van der Waals surface area (Å²) in [6.45, 7) is 2.74. The molecule has 0 aliphatic heterocycles. The van der Waals surface area contributed by atoms with E-state index < -0.39 is 10.0 Å². The summed E-state index contributed by atoms with van der Waals surface area (Å²) in [5, 5.41) is 13.4. The molecule has 0 aliphatic rings. The van der Waals surface area contributed by atoms with Crippen molar-refractivity contribution in [3.8, 4) is 11.6 Å². The number of sulfonamides is 1. The summed E-state index contributed by atoms with van der Waals surface area (Å²) in [4.78, 5) is 0.0932. The average molecular weight is 306 g/mol. The van der Waals surface area contributed by atoms with Crippen LogP contribution >= 0.6 is 0 Å². The number of hydrogen-bond donors (Lipinski definition) is 1. The fourth-order valence-corrected chi connectivity index (χ4v) is 3.17. The van der Waals surface area contributed by atoms with Crippen LogP contribution in [0.25, 0.3) is 22.5 Å². The molecule has 0 bridgehead atoms. The average Bonchev–Trinajstić information content (AvgIpc) is 3.05. The first-order chi connectivity index (χ1) is 10.0. The first kappa shape index (κ1) is 13.8. The van der Waals surface area contributed by atoms with E-state index in [9.17, 15) is 8.42 Å². The molecule has 0 fully saturated rings. The Kier molecular flexibility index (Phi) is 3.26. The van der Waals surface area contributed by atoms with Gasteiger partial charge in [-0.1, -0.05) is 13.0 Å². The molecule has 3 aromatic rings. The number of primary sulfonamides is 1. The van der Waals surface area contributed by atoms with Crippen LogP contribution in [0.2, 0.25) is 0 Å². The van der Waals surface area contributed by atoms with Gasteiger partial charge >= 0.3 is 0 Å². The van der Waals surface area contributed by atoms with Gasteiger partial charge in [0.25, 0.3) is 5.89 Å². The van der Waals surface area contributed by atoms with Gasteiger partial charge in [-0.3, -0.25) is 0 Å². The minimum atomic E-state index is -3.80. The number of rotatable bonds is 4. The summed E-state index contributed by atoms with van der Waals surface area (Å²) in [5.74, 6) is 0.347. The van der Waals surface area contributed by atoms with Crippen LogP contribution in [0.15, 0.2) is 40.0 Å². The van der Waals surface area contributed by atoms with Gasteiger partial charge in [0.15, 0.2) is 0 Å². The lowest BCUT2D eigenvalue weighted by Crippen LogP contribution is -2.12. The second-order valence-electron chi connectivity index (χ2n) is 4.66. The summed E-state index contributed by atoms with van der Waals surface area (Å²) in [6, 6.07) is 6.73. The number of nitrogens with zero attached hydrogens (tertiary/aromatic N) is 3. The molecule has 0 saturated carbocycles. The van der Waals surface area contributed by atoms with E-state index in [0.717, 1.165) is 11.9 Å². The van der Waals surface area contributed by atoms with Gasteiger partial charge in [-0.2, -0.15) is 0 Å². The third-order valence-corrected chi connectivity index (χ3v) is 4.21. The molecule has 2 aromatic heterocycles. The molecule has 0 radical (unpaired) electrons. The molecule has 0 spiro atoms. The Morgan fingerprint density at radius 1 is 1.38 bits per heavy atom. The van der Waals surface area contributed by atoms with Gasteiger partial charge in [-0.15, -0.1) is 10.2 Å². The van der Waals surface area contributed by atoms with Crippen LogP contribution in [-0.2, 0) is 16.6 Å². The van der Waals surface area contributed by atoms with Gasteiger partial charge in [0, 0.05) is 17.4 Å². The second kappa shape index (κ2) is 4.97. The Balaban J connectivity index is 2.37. The lowest BCUT2D eigenvalue weighted by atomic mass is 10.2. The van der Waals surface area contributed by atoms with E-state index in [0.29, 0.717) is 23.5 Å². The number of fused-ring (bicyclic) bond motifs is 1. The van der Waals surface area contributed by atoms with Crippen molar-refractivity contribution in [2.75, 3.05) is 0 Å². The third-order valence-electron chi connectivity index (χ3n) is 3.24. The Hall–Kier alpha value is -2.19. The predicted octanol–water partition coefficient (Wildman–Crippen LogP) is 1.75. The zero-order valence-electron chi connectivity index (χ0n) is 11.4. The van der Waals surface area contributed by atoms with Crippen molar-refractivity contribution >= 4 is 20.9 Å². The number of hydrogen-bond acceptors (Lipinski definition) is 5. The van der Waals surface area contributed by atoms with Gasteiger partial charge in [0.2, 0.25) is 16.4 Å². The van der Waals surface area contributed by atoms with Crippen molar-refractivity contribution < 1.29 is 12.8 Å². The van der Waals surface area contributed by atoms with E-state index in [1.165, 1.54) is 12.5 Å². The Morgan fingerprint density at radius 3 is 2.81 bits per heavy atom. The number of aromatic nitrogens is 3. The topological polar surface area (TPSA) is 104 Å². The number of aryl methyl sites for hydroxylation is 1. The molecule has 21 heavy (non-hydrogen) atoms. The van der Waals surface area contributed by atoms with E-state index in [-0.39, 0.29) is 4.90 Å². The second-order valence-corrected chi connectivity index (χ2v) is 6.19. The number of nitrogens with two attached hydrogens (primary N) is 1. The molecule has 0 unspecified atom stereocenters. The van der Waals surface area contributed by atoms with Gasteiger partial charge in [0.05, 0.1) is 4.90 Å². The van der Waals surface area contributed by atoms with E-state index in [4.69, 9.17) is 9.56 Å². The van der Waals surface area contributed by atoms with Gasteiger partial charge < -0.3 is 8.98 Å². The van der Waals surface area contributed by atoms with Crippen LogP contribution < -0.4 is 5.14 Å². The maximum Gasteiger partial charge on any atom is 0.264 e.